The Labute approximate surface area is 97.6 Å². The largest absolute Gasteiger partial charge is 0.459 e. The predicted octanol–water partition coefficient (Wildman–Crippen LogP) is 4.00. The van der Waals surface area contributed by atoms with Crippen LogP contribution in [0.2, 0.25) is 0 Å². The Balaban J connectivity index is 2.43. The lowest BCUT2D eigenvalue weighted by Gasteiger charge is -2.04. The minimum atomic E-state index is 0.00861. The maximum absolute atomic E-state index is 6.01. The Bertz CT molecular complexity index is 464. The highest BCUT2D eigenvalue weighted by molar-refractivity contribution is 9.10. The van der Waals surface area contributed by atoms with Gasteiger partial charge in [0.25, 0.3) is 0 Å². The molecular formula is C12H14BrNO. The van der Waals surface area contributed by atoms with Crippen molar-refractivity contribution in [2.24, 2.45) is 5.73 Å². The van der Waals surface area contributed by atoms with Crippen molar-refractivity contribution in [2.45, 2.75) is 25.8 Å². The number of benzene rings is 1. The second kappa shape index (κ2) is 4.37. The quantitative estimate of drug-likeness (QED) is 0.913. The number of nitrogens with two attached hydrogens (primary N) is 1. The number of rotatable bonds is 3. The molecule has 0 amide bonds. The first-order chi connectivity index (χ1) is 7.22. The fraction of sp³-hybridized carbons (Fsp3) is 0.333. The molecule has 0 aliphatic heterocycles. The summed E-state index contributed by atoms with van der Waals surface area (Å²) in [5.41, 5.74) is 6.90. The smallest absolute Gasteiger partial charge is 0.135 e. The molecule has 0 saturated heterocycles. The predicted molar refractivity (Wildman–Crippen MR) is 65.8 cm³/mol. The van der Waals surface area contributed by atoms with Crippen LogP contribution in [0, 0.1) is 0 Å². The fourth-order valence-corrected chi connectivity index (χ4v) is 2.14. The van der Waals surface area contributed by atoms with Crippen LogP contribution in [0.5, 0.6) is 0 Å². The molecule has 2 aromatic rings. The summed E-state index contributed by atoms with van der Waals surface area (Å²) in [7, 11) is 0. The molecule has 0 saturated carbocycles. The first-order valence-corrected chi connectivity index (χ1v) is 5.95. The van der Waals surface area contributed by atoms with Crippen LogP contribution in [0.15, 0.2) is 33.2 Å². The summed E-state index contributed by atoms with van der Waals surface area (Å²) >= 11 is 3.50. The summed E-state index contributed by atoms with van der Waals surface area (Å²) in [5.74, 6) is 0.874. The third-order valence-electron chi connectivity index (χ3n) is 2.49. The van der Waals surface area contributed by atoms with Crippen molar-refractivity contribution in [2.75, 3.05) is 0 Å². The number of hydrogen-bond acceptors (Lipinski definition) is 2. The molecule has 1 atom stereocenters. The summed E-state index contributed by atoms with van der Waals surface area (Å²) < 4.78 is 6.76. The van der Waals surface area contributed by atoms with E-state index < -0.39 is 0 Å². The van der Waals surface area contributed by atoms with Crippen LogP contribution < -0.4 is 5.73 Å². The maximum Gasteiger partial charge on any atom is 0.135 e. The van der Waals surface area contributed by atoms with Gasteiger partial charge in [-0.2, -0.15) is 0 Å². The molecule has 0 aliphatic rings. The highest BCUT2D eigenvalue weighted by Crippen LogP contribution is 2.30. The molecule has 0 fully saturated rings. The van der Waals surface area contributed by atoms with Gasteiger partial charge in [-0.15, -0.1) is 0 Å². The van der Waals surface area contributed by atoms with E-state index in [-0.39, 0.29) is 6.04 Å². The van der Waals surface area contributed by atoms with E-state index in [0.717, 1.165) is 34.0 Å². The van der Waals surface area contributed by atoms with Crippen molar-refractivity contribution in [1.29, 1.82) is 0 Å². The van der Waals surface area contributed by atoms with Crippen LogP contribution in [0.3, 0.4) is 0 Å². The molecule has 0 spiro atoms. The molecular weight excluding hydrogens is 254 g/mol. The van der Waals surface area contributed by atoms with E-state index in [1.54, 1.807) is 0 Å². The Morgan fingerprint density at radius 2 is 2.27 bits per heavy atom. The maximum atomic E-state index is 6.01. The van der Waals surface area contributed by atoms with Gasteiger partial charge in [0.05, 0.1) is 6.04 Å². The van der Waals surface area contributed by atoms with Crippen LogP contribution in [-0.2, 0) is 0 Å². The van der Waals surface area contributed by atoms with E-state index in [1.165, 1.54) is 0 Å². The van der Waals surface area contributed by atoms with E-state index in [9.17, 15) is 0 Å². The van der Waals surface area contributed by atoms with Gasteiger partial charge in [0.15, 0.2) is 0 Å². The number of halogens is 1. The highest BCUT2D eigenvalue weighted by Gasteiger charge is 2.12. The molecule has 2 nitrogen and oxygen atoms in total. The summed E-state index contributed by atoms with van der Waals surface area (Å²) in [6.45, 7) is 2.12. The van der Waals surface area contributed by atoms with Crippen LogP contribution >= 0.6 is 15.9 Å². The third-order valence-corrected chi connectivity index (χ3v) is 3.18. The zero-order valence-corrected chi connectivity index (χ0v) is 10.3. The van der Waals surface area contributed by atoms with Gasteiger partial charge in [-0.25, -0.2) is 0 Å². The van der Waals surface area contributed by atoms with Crippen molar-refractivity contribution in [3.8, 4) is 0 Å². The topological polar surface area (TPSA) is 39.2 Å². The molecule has 1 aromatic heterocycles. The van der Waals surface area contributed by atoms with Crippen molar-refractivity contribution in [1.82, 2.24) is 0 Å². The first kappa shape index (κ1) is 10.7. The zero-order valence-electron chi connectivity index (χ0n) is 8.66. The van der Waals surface area contributed by atoms with Crippen LogP contribution in [0.4, 0.5) is 0 Å². The van der Waals surface area contributed by atoms with Gasteiger partial charge < -0.3 is 10.2 Å². The van der Waals surface area contributed by atoms with E-state index >= 15 is 0 Å². The molecule has 2 rings (SSSR count). The molecule has 2 N–H and O–H groups in total. The average Bonchev–Trinajstić information content (AvgIpc) is 2.63. The number of fused-ring (bicyclic) bond motifs is 1. The molecule has 3 heteroatoms. The summed E-state index contributed by atoms with van der Waals surface area (Å²) in [5, 5.41) is 1.10. The molecule has 15 heavy (non-hydrogen) atoms. The van der Waals surface area contributed by atoms with Crippen molar-refractivity contribution < 1.29 is 4.42 Å². The van der Waals surface area contributed by atoms with E-state index in [2.05, 4.69) is 22.9 Å². The minimum Gasteiger partial charge on any atom is -0.459 e. The van der Waals surface area contributed by atoms with E-state index in [4.69, 9.17) is 10.2 Å². The standard InChI is InChI=1S/C12H14BrNO/c1-2-4-10(14)12-7-8-9(13)5-3-6-11(8)15-12/h3,5-7,10H,2,4,14H2,1H3. The SMILES string of the molecule is CCCC(N)c1cc2c(Br)cccc2o1. The molecule has 1 heterocycles. The second-order valence-electron chi connectivity index (χ2n) is 3.70. The summed E-state index contributed by atoms with van der Waals surface area (Å²) in [6.07, 6.45) is 2.02. The summed E-state index contributed by atoms with van der Waals surface area (Å²) in [6, 6.07) is 7.97. The van der Waals surface area contributed by atoms with Gasteiger partial charge in [0.1, 0.15) is 11.3 Å². The number of furan rings is 1. The normalized spacial score (nSPS) is 13.3. The van der Waals surface area contributed by atoms with Crippen molar-refractivity contribution in [3.63, 3.8) is 0 Å². The molecule has 0 radical (unpaired) electrons. The second-order valence-corrected chi connectivity index (χ2v) is 4.55. The molecule has 80 valence electrons. The van der Waals surface area contributed by atoms with E-state index in [1.807, 2.05) is 24.3 Å². The van der Waals surface area contributed by atoms with Gasteiger partial charge in [-0.3, -0.25) is 0 Å². The lowest BCUT2D eigenvalue weighted by atomic mass is 10.1. The fourth-order valence-electron chi connectivity index (χ4n) is 1.68. The van der Waals surface area contributed by atoms with Gasteiger partial charge in [0.2, 0.25) is 0 Å². The van der Waals surface area contributed by atoms with Crippen LogP contribution in [0.1, 0.15) is 31.6 Å². The van der Waals surface area contributed by atoms with Gasteiger partial charge in [-0.05, 0) is 24.6 Å². The first-order valence-electron chi connectivity index (χ1n) is 5.16. The third kappa shape index (κ3) is 2.08. The Kier molecular flexibility index (Phi) is 3.12. The molecule has 0 aliphatic carbocycles. The van der Waals surface area contributed by atoms with Gasteiger partial charge in [-0.1, -0.05) is 35.3 Å². The van der Waals surface area contributed by atoms with Gasteiger partial charge in [0, 0.05) is 9.86 Å². The summed E-state index contributed by atoms with van der Waals surface area (Å²) in [4.78, 5) is 0. The number of hydrogen-bond donors (Lipinski definition) is 1. The van der Waals surface area contributed by atoms with Crippen molar-refractivity contribution >= 4 is 26.9 Å². The monoisotopic (exact) mass is 267 g/mol. The Morgan fingerprint density at radius 3 is 2.93 bits per heavy atom. The molecule has 1 unspecified atom stereocenters. The Hall–Kier alpha value is -0.800. The molecule has 1 aromatic carbocycles. The Morgan fingerprint density at radius 1 is 1.47 bits per heavy atom. The molecule has 0 bridgehead atoms. The lowest BCUT2D eigenvalue weighted by Crippen LogP contribution is -2.08. The van der Waals surface area contributed by atoms with Crippen LogP contribution in [0.25, 0.3) is 11.0 Å². The highest BCUT2D eigenvalue weighted by atomic mass is 79.9. The lowest BCUT2D eigenvalue weighted by molar-refractivity contribution is 0.475. The van der Waals surface area contributed by atoms with Crippen LogP contribution in [-0.4, -0.2) is 0 Å². The minimum absolute atomic E-state index is 0.00861. The van der Waals surface area contributed by atoms with Gasteiger partial charge >= 0.3 is 0 Å². The average molecular weight is 268 g/mol. The van der Waals surface area contributed by atoms with Crippen molar-refractivity contribution in [3.05, 3.63) is 34.5 Å². The van der Waals surface area contributed by atoms with E-state index in [0.29, 0.717) is 0 Å². The zero-order chi connectivity index (χ0) is 10.8.